The van der Waals surface area contributed by atoms with E-state index in [1.165, 1.54) is 11.3 Å². The Kier molecular flexibility index (Phi) is 5.48. The molecule has 0 aliphatic rings. The number of hydrogen-bond donors (Lipinski definition) is 0. The summed E-state index contributed by atoms with van der Waals surface area (Å²) in [6, 6.07) is 5.54. The van der Waals surface area contributed by atoms with Crippen molar-refractivity contribution in [3.63, 3.8) is 0 Å². The highest BCUT2D eigenvalue weighted by Crippen LogP contribution is 2.27. The van der Waals surface area contributed by atoms with E-state index >= 15 is 0 Å². The lowest BCUT2D eigenvalue weighted by Gasteiger charge is -1.99. The van der Waals surface area contributed by atoms with Crippen molar-refractivity contribution < 1.29 is 9.53 Å². The van der Waals surface area contributed by atoms with Crippen LogP contribution in [0.15, 0.2) is 38.8 Å². The molecule has 0 saturated heterocycles. The Hall–Kier alpha value is -2.41. The summed E-state index contributed by atoms with van der Waals surface area (Å²) < 4.78 is 4.88. The van der Waals surface area contributed by atoms with Crippen molar-refractivity contribution in [3.05, 3.63) is 34.8 Å². The summed E-state index contributed by atoms with van der Waals surface area (Å²) in [5.74, 6) is -0.292. The summed E-state index contributed by atoms with van der Waals surface area (Å²) in [5.41, 5.74) is 3.13. The summed E-state index contributed by atoms with van der Waals surface area (Å²) in [6.07, 6.45) is 0.151. The van der Waals surface area contributed by atoms with Gasteiger partial charge in [0.1, 0.15) is 0 Å². The first-order valence-corrected chi connectivity index (χ1v) is 7.59. The number of aromatic nitrogens is 1. The number of rotatable bonds is 6. The lowest BCUT2D eigenvalue weighted by molar-refractivity contribution is -0.142. The molecule has 2 aromatic rings. The van der Waals surface area contributed by atoms with E-state index in [4.69, 9.17) is 4.74 Å². The second-order valence-electron chi connectivity index (χ2n) is 4.43. The molecule has 0 spiro atoms. The highest BCUT2D eigenvalue weighted by atomic mass is 32.1. The first-order chi connectivity index (χ1) is 10.6. The molecule has 0 fully saturated rings. The Balaban J connectivity index is 2.06. The molecule has 2 rings (SSSR count). The van der Waals surface area contributed by atoms with E-state index in [2.05, 4.69) is 26.9 Å². The summed E-state index contributed by atoms with van der Waals surface area (Å²) in [5, 5.41) is 10.6. The first-order valence-electron chi connectivity index (χ1n) is 6.71. The molecule has 6 nitrogen and oxygen atoms in total. The predicted molar refractivity (Wildman–Crippen MR) is 87.0 cm³/mol. The van der Waals surface area contributed by atoms with E-state index in [1.807, 2.05) is 25.1 Å². The fourth-order valence-electron chi connectivity index (χ4n) is 1.73. The quantitative estimate of drug-likeness (QED) is 0.453. The molecular weight excluding hydrogens is 300 g/mol. The maximum absolute atomic E-state index is 11.4. The monoisotopic (exact) mass is 316 g/mol. The predicted octanol–water partition coefficient (Wildman–Crippen LogP) is 4.30. The number of azo groups is 1. The average Bonchev–Trinajstić information content (AvgIpc) is 2.93. The minimum absolute atomic E-state index is 0.151. The molecule has 1 aromatic heterocycles. The number of hydrogen-bond acceptors (Lipinski definition) is 7. The van der Waals surface area contributed by atoms with Gasteiger partial charge in [0.25, 0.3) is 0 Å². The molecule has 0 atom stereocenters. The van der Waals surface area contributed by atoms with Crippen LogP contribution in [0.1, 0.15) is 18.2 Å². The van der Waals surface area contributed by atoms with Gasteiger partial charge >= 0.3 is 5.97 Å². The average molecular weight is 316 g/mol. The minimum Gasteiger partial charge on any atom is -0.466 e. The van der Waals surface area contributed by atoms with Crippen molar-refractivity contribution in [2.75, 3.05) is 6.61 Å². The molecule has 0 radical (unpaired) electrons. The molecule has 0 unspecified atom stereocenters. The lowest BCUT2D eigenvalue weighted by Crippen LogP contribution is -2.07. The maximum atomic E-state index is 11.4. The number of aryl methyl sites for hydroxylation is 1. The number of thiazole rings is 1. The molecule has 1 heterocycles. The molecule has 22 heavy (non-hydrogen) atoms. The summed E-state index contributed by atoms with van der Waals surface area (Å²) in [7, 11) is 0. The van der Waals surface area contributed by atoms with Crippen molar-refractivity contribution in [2.45, 2.75) is 20.3 Å². The second-order valence-corrected chi connectivity index (χ2v) is 5.27. The number of ether oxygens (including phenoxy) is 1. The lowest BCUT2D eigenvalue weighted by atomic mass is 10.2. The maximum Gasteiger partial charge on any atom is 0.311 e. The van der Waals surface area contributed by atoms with Crippen molar-refractivity contribution in [1.29, 1.82) is 0 Å². The van der Waals surface area contributed by atoms with Crippen LogP contribution in [0.2, 0.25) is 0 Å². The number of carbonyl (C=O) groups is 1. The van der Waals surface area contributed by atoms with Crippen LogP contribution in [-0.4, -0.2) is 24.3 Å². The molecule has 114 valence electrons. The van der Waals surface area contributed by atoms with Gasteiger partial charge in [-0.05, 0) is 44.3 Å². The van der Waals surface area contributed by atoms with Gasteiger partial charge < -0.3 is 4.74 Å². The summed E-state index contributed by atoms with van der Waals surface area (Å²) in [6.45, 7) is 7.55. The fourth-order valence-corrected chi connectivity index (χ4v) is 2.37. The van der Waals surface area contributed by atoms with E-state index in [0.29, 0.717) is 17.4 Å². The van der Waals surface area contributed by atoms with Crippen molar-refractivity contribution >= 4 is 40.5 Å². The number of benzene rings is 1. The molecule has 0 amide bonds. The largest absolute Gasteiger partial charge is 0.466 e. The zero-order valence-corrected chi connectivity index (χ0v) is 13.3. The third kappa shape index (κ3) is 4.29. The van der Waals surface area contributed by atoms with Gasteiger partial charge in [-0.25, -0.2) is 4.98 Å². The zero-order chi connectivity index (χ0) is 15.9. The van der Waals surface area contributed by atoms with Crippen molar-refractivity contribution in [1.82, 2.24) is 4.98 Å². The topological polar surface area (TPSA) is 76.3 Å². The Morgan fingerprint density at radius 1 is 1.41 bits per heavy atom. The van der Waals surface area contributed by atoms with Gasteiger partial charge in [-0.1, -0.05) is 0 Å². The highest BCUT2D eigenvalue weighted by Gasteiger charge is 2.08. The van der Waals surface area contributed by atoms with Gasteiger partial charge in [0.05, 0.1) is 30.1 Å². The molecule has 0 bridgehead atoms. The molecular formula is C15H16N4O2S. The van der Waals surface area contributed by atoms with Crippen molar-refractivity contribution in [2.24, 2.45) is 15.2 Å². The SMILES string of the molecule is C=Nc1ccc(/N=N/c2nc(CC(=O)OCC)cs2)c(C)c1. The van der Waals surface area contributed by atoms with Crippen LogP contribution in [0.5, 0.6) is 0 Å². The third-order valence-corrected chi connectivity index (χ3v) is 3.55. The van der Waals surface area contributed by atoms with Gasteiger partial charge in [-0.3, -0.25) is 9.79 Å². The molecule has 0 N–H and O–H groups in total. The van der Waals surface area contributed by atoms with Crippen LogP contribution in [0.3, 0.4) is 0 Å². The molecule has 1 aromatic carbocycles. The Bertz CT molecular complexity index is 709. The minimum atomic E-state index is -0.292. The van der Waals surface area contributed by atoms with E-state index in [9.17, 15) is 4.79 Å². The zero-order valence-electron chi connectivity index (χ0n) is 12.4. The Morgan fingerprint density at radius 3 is 2.91 bits per heavy atom. The molecule has 0 aliphatic heterocycles. The van der Waals surface area contributed by atoms with Crippen LogP contribution in [0.25, 0.3) is 0 Å². The summed E-state index contributed by atoms with van der Waals surface area (Å²) >= 11 is 1.33. The number of aliphatic imine (C=N–C) groups is 1. The van der Waals surface area contributed by atoms with Crippen molar-refractivity contribution in [3.8, 4) is 0 Å². The Morgan fingerprint density at radius 2 is 2.23 bits per heavy atom. The van der Waals surface area contributed by atoms with Gasteiger partial charge in [0.15, 0.2) is 0 Å². The van der Waals surface area contributed by atoms with E-state index in [0.717, 1.165) is 16.9 Å². The normalized spacial score (nSPS) is 10.8. The van der Waals surface area contributed by atoms with Gasteiger partial charge in [0.2, 0.25) is 5.13 Å². The van der Waals surface area contributed by atoms with E-state index in [-0.39, 0.29) is 12.4 Å². The number of nitrogens with zero attached hydrogens (tertiary/aromatic N) is 4. The van der Waals surface area contributed by atoms with Crippen LogP contribution in [0, 0.1) is 6.92 Å². The highest BCUT2D eigenvalue weighted by molar-refractivity contribution is 7.13. The second kappa shape index (κ2) is 7.56. The van der Waals surface area contributed by atoms with Crippen LogP contribution in [-0.2, 0) is 16.0 Å². The van der Waals surface area contributed by atoms with Crippen LogP contribution < -0.4 is 0 Å². The van der Waals surface area contributed by atoms with Gasteiger partial charge in [-0.2, -0.15) is 0 Å². The Labute approximate surface area is 132 Å². The van der Waals surface area contributed by atoms with Crippen LogP contribution in [0.4, 0.5) is 16.5 Å². The third-order valence-electron chi connectivity index (χ3n) is 2.78. The van der Waals surface area contributed by atoms with Crippen LogP contribution >= 0.6 is 11.3 Å². The van der Waals surface area contributed by atoms with Gasteiger partial charge in [-0.15, -0.1) is 21.6 Å². The van der Waals surface area contributed by atoms with Gasteiger partial charge in [0, 0.05) is 5.38 Å². The smallest absolute Gasteiger partial charge is 0.311 e. The number of carbonyl (C=O) groups excluding carboxylic acids is 1. The summed E-state index contributed by atoms with van der Waals surface area (Å²) in [4.78, 5) is 19.5. The molecule has 7 heteroatoms. The first kappa shape index (κ1) is 16.0. The molecule has 0 saturated carbocycles. The van der Waals surface area contributed by atoms with E-state index in [1.54, 1.807) is 12.3 Å². The number of esters is 1. The standard InChI is InChI=1S/C15H16N4O2S/c1-4-21-14(20)8-12-9-22-15(17-12)19-18-13-6-5-11(16-3)7-10(13)2/h5-7,9H,3-4,8H2,1-2H3/b19-18+. The molecule has 0 aliphatic carbocycles. The van der Waals surface area contributed by atoms with E-state index < -0.39 is 0 Å². The fraction of sp³-hybridized carbons (Fsp3) is 0.267.